The van der Waals surface area contributed by atoms with Crippen molar-refractivity contribution in [2.45, 2.75) is 119 Å². The molecule has 0 heterocycles. The summed E-state index contributed by atoms with van der Waals surface area (Å²) in [6, 6.07) is 3.99. The molecule has 198 valence electrons. The van der Waals surface area contributed by atoms with E-state index in [1.807, 2.05) is 80.5 Å². The van der Waals surface area contributed by atoms with Gasteiger partial charge in [0.1, 0.15) is 17.7 Å². The van der Waals surface area contributed by atoms with Gasteiger partial charge in [-0.1, -0.05) is 32.0 Å². The number of aryl methyl sites for hydroxylation is 1. The number of rotatable bonds is 8. The summed E-state index contributed by atoms with van der Waals surface area (Å²) in [6.07, 6.45) is -0.240. The number of ether oxygens (including phenoxy) is 1. The van der Waals surface area contributed by atoms with E-state index in [0.717, 1.165) is 16.7 Å². The van der Waals surface area contributed by atoms with Crippen molar-refractivity contribution < 1.29 is 19.1 Å². The Hall–Kier alpha value is -2.57. The summed E-state index contributed by atoms with van der Waals surface area (Å²) in [6.45, 7) is 22.8. The van der Waals surface area contributed by atoms with Crippen molar-refractivity contribution in [3.8, 4) is 0 Å². The van der Waals surface area contributed by atoms with Crippen molar-refractivity contribution in [2.75, 3.05) is 0 Å². The third-order valence-corrected chi connectivity index (χ3v) is 5.53. The molecule has 0 aromatic heterocycles. The number of carbonyl (C=O) groups is 3. The van der Waals surface area contributed by atoms with Crippen LogP contribution in [-0.2, 0) is 14.3 Å². The molecule has 0 aliphatic rings. The van der Waals surface area contributed by atoms with Crippen LogP contribution in [0.4, 0.5) is 4.79 Å². The molecule has 1 rings (SSSR count). The fourth-order valence-electron chi connectivity index (χ4n) is 3.99. The van der Waals surface area contributed by atoms with Gasteiger partial charge in [0.25, 0.3) is 0 Å². The van der Waals surface area contributed by atoms with E-state index in [1.165, 1.54) is 0 Å². The Kier molecular flexibility index (Phi) is 10.4. The first-order valence-electron chi connectivity index (χ1n) is 12.5. The number of hydrogen-bond donors (Lipinski definition) is 2. The maximum absolute atomic E-state index is 14.2. The zero-order valence-corrected chi connectivity index (χ0v) is 23.8. The Morgan fingerprint density at radius 3 is 1.97 bits per heavy atom. The molecule has 0 aliphatic carbocycles. The Bertz CT molecular complexity index is 894. The second kappa shape index (κ2) is 11.9. The largest absolute Gasteiger partial charge is 0.444 e. The van der Waals surface area contributed by atoms with Gasteiger partial charge in [-0.3, -0.25) is 9.59 Å². The molecular formula is C28H47N3O4. The van der Waals surface area contributed by atoms with Gasteiger partial charge < -0.3 is 20.3 Å². The van der Waals surface area contributed by atoms with E-state index in [2.05, 4.69) is 10.6 Å². The van der Waals surface area contributed by atoms with Gasteiger partial charge in [0.2, 0.25) is 11.8 Å². The predicted molar refractivity (Wildman–Crippen MR) is 141 cm³/mol. The van der Waals surface area contributed by atoms with Gasteiger partial charge in [-0.15, -0.1) is 0 Å². The second-order valence-corrected chi connectivity index (χ2v) is 12.1. The summed E-state index contributed by atoms with van der Waals surface area (Å²) >= 11 is 0. The quantitative estimate of drug-likeness (QED) is 0.509. The minimum Gasteiger partial charge on any atom is -0.444 e. The number of hydrogen-bond acceptors (Lipinski definition) is 4. The lowest BCUT2D eigenvalue weighted by molar-refractivity contribution is -0.149. The van der Waals surface area contributed by atoms with Crippen LogP contribution in [0.5, 0.6) is 0 Å². The number of amides is 3. The van der Waals surface area contributed by atoms with Crippen molar-refractivity contribution in [1.82, 2.24) is 15.5 Å². The number of nitrogens with one attached hydrogen (secondary N) is 2. The van der Waals surface area contributed by atoms with Crippen LogP contribution in [0.3, 0.4) is 0 Å². The standard InChI is InChI=1S/C28H47N3O4/c1-17(2)16-22(30-26(34)35-28(10,11)12)25(33)31(27(7,8)9)23(24(32)29-18(3)4)21-15-13-14-19(5)20(21)6/h13-15,17-18,22-23H,16H2,1-12H3,(H,29,32)(H,30,34). The molecule has 0 saturated heterocycles. The van der Waals surface area contributed by atoms with Gasteiger partial charge in [0, 0.05) is 11.6 Å². The SMILES string of the molecule is Cc1cccc(C(C(=O)NC(C)C)N(C(=O)C(CC(C)C)NC(=O)OC(C)(C)C)C(C)(C)C)c1C. The number of alkyl carbamates (subject to hydrolysis) is 1. The fraction of sp³-hybridized carbons (Fsp3) is 0.679. The average Bonchev–Trinajstić information content (AvgIpc) is 2.64. The molecule has 0 fully saturated rings. The second-order valence-electron chi connectivity index (χ2n) is 12.1. The van der Waals surface area contributed by atoms with Gasteiger partial charge in [0.15, 0.2) is 0 Å². The lowest BCUT2D eigenvalue weighted by atomic mass is 9.90. The zero-order chi connectivity index (χ0) is 27.3. The Morgan fingerprint density at radius 2 is 1.51 bits per heavy atom. The molecule has 0 radical (unpaired) electrons. The van der Waals surface area contributed by atoms with Crippen molar-refractivity contribution in [3.05, 3.63) is 34.9 Å². The first-order chi connectivity index (χ1) is 15.8. The first-order valence-corrected chi connectivity index (χ1v) is 12.5. The Balaban J connectivity index is 3.64. The third kappa shape index (κ3) is 9.19. The van der Waals surface area contributed by atoms with Gasteiger partial charge in [0.05, 0.1) is 0 Å². The summed E-state index contributed by atoms with van der Waals surface area (Å²) in [5, 5.41) is 5.79. The third-order valence-electron chi connectivity index (χ3n) is 5.53. The molecule has 7 nitrogen and oxygen atoms in total. The van der Waals surface area contributed by atoms with E-state index in [9.17, 15) is 14.4 Å². The van der Waals surface area contributed by atoms with E-state index in [0.29, 0.717) is 6.42 Å². The smallest absolute Gasteiger partial charge is 0.408 e. The molecule has 2 N–H and O–H groups in total. The predicted octanol–water partition coefficient (Wildman–Crippen LogP) is 5.44. The Labute approximate surface area is 212 Å². The van der Waals surface area contributed by atoms with Crippen LogP contribution >= 0.6 is 0 Å². The average molecular weight is 490 g/mol. The highest BCUT2D eigenvalue weighted by molar-refractivity contribution is 5.93. The van der Waals surface area contributed by atoms with Crippen molar-refractivity contribution in [2.24, 2.45) is 5.92 Å². The molecule has 1 aromatic rings. The van der Waals surface area contributed by atoms with Crippen molar-refractivity contribution in [1.29, 1.82) is 0 Å². The number of carbonyl (C=O) groups excluding carboxylic acids is 3. The van der Waals surface area contributed by atoms with Crippen molar-refractivity contribution >= 4 is 17.9 Å². The van der Waals surface area contributed by atoms with Crippen LogP contribution in [0.2, 0.25) is 0 Å². The minimum absolute atomic E-state index is 0.0987. The molecule has 3 amide bonds. The lowest BCUT2D eigenvalue weighted by Crippen LogP contribution is -2.59. The molecule has 7 heteroatoms. The van der Waals surface area contributed by atoms with Gasteiger partial charge >= 0.3 is 6.09 Å². The van der Waals surface area contributed by atoms with Crippen molar-refractivity contribution in [3.63, 3.8) is 0 Å². The number of nitrogens with zero attached hydrogens (tertiary/aromatic N) is 1. The highest BCUT2D eigenvalue weighted by Crippen LogP contribution is 2.33. The minimum atomic E-state index is -0.861. The molecule has 0 bridgehead atoms. The van der Waals surface area contributed by atoms with Crippen LogP contribution in [0, 0.1) is 19.8 Å². The van der Waals surface area contributed by atoms with E-state index in [-0.39, 0.29) is 23.8 Å². The molecule has 0 aliphatic heterocycles. The van der Waals surface area contributed by atoms with Crippen LogP contribution in [0.25, 0.3) is 0 Å². The molecule has 2 unspecified atom stereocenters. The first kappa shape index (κ1) is 30.5. The summed E-state index contributed by atoms with van der Waals surface area (Å²) in [5.41, 5.74) is 1.36. The molecule has 35 heavy (non-hydrogen) atoms. The molecule has 0 saturated carbocycles. The van der Waals surface area contributed by atoms with Gasteiger partial charge in [-0.25, -0.2) is 4.79 Å². The molecule has 2 atom stereocenters. The highest BCUT2D eigenvalue weighted by Gasteiger charge is 2.42. The van der Waals surface area contributed by atoms with Crippen LogP contribution in [0.1, 0.15) is 98.4 Å². The zero-order valence-electron chi connectivity index (χ0n) is 23.8. The fourth-order valence-corrected chi connectivity index (χ4v) is 3.99. The van der Waals surface area contributed by atoms with E-state index in [4.69, 9.17) is 4.74 Å². The van der Waals surface area contributed by atoms with Crippen LogP contribution < -0.4 is 10.6 Å². The topological polar surface area (TPSA) is 87.7 Å². The molecule has 1 aromatic carbocycles. The normalized spacial score (nSPS) is 13.9. The summed E-state index contributed by atoms with van der Waals surface area (Å²) in [7, 11) is 0. The van der Waals surface area contributed by atoms with Gasteiger partial charge in [-0.05, 0) is 98.3 Å². The van der Waals surface area contributed by atoms with Crippen LogP contribution in [0.15, 0.2) is 18.2 Å². The lowest BCUT2D eigenvalue weighted by Gasteiger charge is -2.44. The van der Waals surface area contributed by atoms with Crippen LogP contribution in [-0.4, -0.2) is 46.0 Å². The molecular weight excluding hydrogens is 442 g/mol. The number of benzene rings is 1. The van der Waals surface area contributed by atoms with Gasteiger partial charge in [-0.2, -0.15) is 0 Å². The Morgan fingerprint density at radius 1 is 0.943 bits per heavy atom. The maximum Gasteiger partial charge on any atom is 0.408 e. The molecule has 0 spiro atoms. The summed E-state index contributed by atoms with van der Waals surface area (Å²) < 4.78 is 5.45. The van der Waals surface area contributed by atoms with E-state index in [1.54, 1.807) is 25.7 Å². The summed E-state index contributed by atoms with van der Waals surface area (Å²) in [5.74, 6) is -0.441. The maximum atomic E-state index is 14.2. The highest BCUT2D eigenvalue weighted by atomic mass is 16.6. The van der Waals surface area contributed by atoms with E-state index < -0.39 is 29.3 Å². The monoisotopic (exact) mass is 489 g/mol. The van der Waals surface area contributed by atoms with E-state index >= 15 is 0 Å². The summed E-state index contributed by atoms with van der Waals surface area (Å²) in [4.78, 5) is 42.1.